The quantitative estimate of drug-likeness (QED) is 0.815. The molecule has 0 radical (unpaired) electrons. The Labute approximate surface area is 106 Å². The summed E-state index contributed by atoms with van der Waals surface area (Å²) in [5.74, 6) is 0.780. The fraction of sp³-hybridized carbons (Fsp3) is 1.00. The molecule has 0 aromatic heterocycles. The van der Waals surface area contributed by atoms with Crippen molar-refractivity contribution in [3.8, 4) is 0 Å². The normalized spacial score (nSPS) is 36.4. The molecule has 2 rings (SSSR count). The Bertz CT molecular complexity index is 236. The molecule has 1 N–H and O–H groups in total. The zero-order valence-corrected chi connectivity index (χ0v) is 11.7. The first kappa shape index (κ1) is 13.3. The molecule has 0 aromatic carbocycles. The lowest BCUT2D eigenvalue weighted by atomic mass is 9.90. The average Bonchev–Trinajstić information content (AvgIpc) is 2.29. The SMILES string of the molecule is CC(C)CC1CN(C2(C)CCCOC2)CCN1. The van der Waals surface area contributed by atoms with Gasteiger partial charge >= 0.3 is 0 Å². The van der Waals surface area contributed by atoms with Gasteiger partial charge in [0.2, 0.25) is 0 Å². The van der Waals surface area contributed by atoms with Crippen molar-refractivity contribution >= 4 is 0 Å². The van der Waals surface area contributed by atoms with Crippen LogP contribution in [0.25, 0.3) is 0 Å². The maximum atomic E-state index is 5.69. The largest absolute Gasteiger partial charge is 0.380 e. The molecule has 2 unspecified atom stereocenters. The summed E-state index contributed by atoms with van der Waals surface area (Å²) in [7, 11) is 0. The van der Waals surface area contributed by atoms with E-state index in [1.807, 2.05) is 0 Å². The van der Waals surface area contributed by atoms with Gasteiger partial charge < -0.3 is 10.1 Å². The van der Waals surface area contributed by atoms with Gasteiger partial charge in [0.15, 0.2) is 0 Å². The molecule has 17 heavy (non-hydrogen) atoms. The van der Waals surface area contributed by atoms with Gasteiger partial charge in [-0.1, -0.05) is 13.8 Å². The highest BCUT2D eigenvalue weighted by Gasteiger charge is 2.36. The number of rotatable bonds is 3. The molecule has 2 aliphatic rings. The van der Waals surface area contributed by atoms with E-state index < -0.39 is 0 Å². The fourth-order valence-electron chi connectivity index (χ4n) is 3.21. The zero-order chi connectivity index (χ0) is 12.3. The Kier molecular flexibility index (Phi) is 4.45. The predicted molar refractivity (Wildman–Crippen MR) is 71.3 cm³/mol. The van der Waals surface area contributed by atoms with Crippen LogP contribution in [0, 0.1) is 5.92 Å². The summed E-state index contributed by atoms with van der Waals surface area (Å²) >= 11 is 0. The second-order valence-electron chi connectivity index (χ2n) is 6.38. The topological polar surface area (TPSA) is 24.5 Å². The summed E-state index contributed by atoms with van der Waals surface area (Å²) in [6, 6.07) is 0.669. The first-order valence-corrected chi connectivity index (χ1v) is 7.16. The van der Waals surface area contributed by atoms with Gasteiger partial charge in [-0.2, -0.15) is 0 Å². The third-order valence-corrected chi connectivity index (χ3v) is 4.19. The van der Waals surface area contributed by atoms with Crippen molar-refractivity contribution in [2.45, 2.75) is 51.6 Å². The molecule has 2 fully saturated rings. The molecule has 100 valence electrons. The van der Waals surface area contributed by atoms with Gasteiger partial charge in [-0.05, 0) is 32.1 Å². The van der Waals surface area contributed by atoms with Crippen molar-refractivity contribution in [1.82, 2.24) is 10.2 Å². The van der Waals surface area contributed by atoms with Crippen molar-refractivity contribution in [3.05, 3.63) is 0 Å². The molecule has 3 nitrogen and oxygen atoms in total. The number of nitrogens with zero attached hydrogens (tertiary/aromatic N) is 1. The molecule has 0 amide bonds. The molecular weight excluding hydrogens is 212 g/mol. The summed E-state index contributed by atoms with van der Waals surface area (Å²) in [4.78, 5) is 2.66. The minimum absolute atomic E-state index is 0.287. The van der Waals surface area contributed by atoms with E-state index >= 15 is 0 Å². The second kappa shape index (κ2) is 5.68. The lowest BCUT2D eigenvalue weighted by Gasteiger charge is -2.47. The molecule has 3 heteroatoms. The Morgan fingerprint density at radius 3 is 2.94 bits per heavy atom. The van der Waals surface area contributed by atoms with Gasteiger partial charge in [0.05, 0.1) is 6.61 Å². The third kappa shape index (κ3) is 3.43. The fourth-order valence-corrected chi connectivity index (χ4v) is 3.21. The number of hydrogen-bond acceptors (Lipinski definition) is 3. The van der Waals surface area contributed by atoms with Crippen LogP contribution < -0.4 is 5.32 Å². The smallest absolute Gasteiger partial charge is 0.0647 e. The maximum absolute atomic E-state index is 5.69. The molecular formula is C14H28N2O. The molecule has 0 saturated carbocycles. The highest BCUT2D eigenvalue weighted by atomic mass is 16.5. The number of hydrogen-bond donors (Lipinski definition) is 1. The van der Waals surface area contributed by atoms with E-state index in [4.69, 9.17) is 4.74 Å². The average molecular weight is 240 g/mol. The van der Waals surface area contributed by atoms with Crippen molar-refractivity contribution in [2.24, 2.45) is 5.92 Å². The zero-order valence-electron chi connectivity index (χ0n) is 11.7. The minimum atomic E-state index is 0.287. The summed E-state index contributed by atoms with van der Waals surface area (Å²) in [5, 5.41) is 3.65. The predicted octanol–water partition coefficient (Wildman–Crippen LogP) is 1.88. The van der Waals surface area contributed by atoms with Gasteiger partial charge in [-0.25, -0.2) is 0 Å². The highest BCUT2D eigenvalue weighted by Crippen LogP contribution is 2.27. The molecule has 2 heterocycles. The number of ether oxygens (including phenoxy) is 1. The van der Waals surface area contributed by atoms with Crippen LogP contribution in [0.1, 0.15) is 40.0 Å². The summed E-state index contributed by atoms with van der Waals surface area (Å²) in [5.41, 5.74) is 0.287. The molecule has 0 spiro atoms. The summed E-state index contributed by atoms with van der Waals surface area (Å²) < 4.78 is 5.69. The summed E-state index contributed by atoms with van der Waals surface area (Å²) in [6.07, 6.45) is 3.80. The van der Waals surface area contributed by atoms with E-state index in [1.165, 1.54) is 32.4 Å². The molecule has 2 saturated heterocycles. The Balaban J connectivity index is 1.91. The Morgan fingerprint density at radius 1 is 1.47 bits per heavy atom. The van der Waals surface area contributed by atoms with E-state index in [-0.39, 0.29) is 5.54 Å². The molecule has 0 aromatic rings. The van der Waals surface area contributed by atoms with Crippen LogP contribution in [0.4, 0.5) is 0 Å². The van der Waals surface area contributed by atoms with Crippen LogP contribution in [0.5, 0.6) is 0 Å². The van der Waals surface area contributed by atoms with Crippen LogP contribution in [-0.2, 0) is 4.74 Å². The van der Waals surface area contributed by atoms with E-state index in [2.05, 4.69) is 31.0 Å². The summed E-state index contributed by atoms with van der Waals surface area (Å²) in [6.45, 7) is 12.4. The minimum Gasteiger partial charge on any atom is -0.380 e. The van der Waals surface area contributed by atoms with Crippen LogP contribution >= 0.6 is 0 Å². The Morgan fingerprint density at radius 2 is 2.29 bits per heavy atom. The standard InChI is InChI=1S/C14H28N2O/c1-12(2)9-13-10-16(7-6-15-13)14(3)5-4-8-17-11-14/h12-13,15H,4-11H2,1-3H3. The maximum Gasteiger partial charge on any atom is 0.0647 e. The number of piperazine rings is 1. The first-order valence-electron chi connectivity index (χ1n) is 7.16. The molecule has 2 atom stereocenters. The van der Waals surface area contributed by atoms with Crippen molar-refractivity contribution in [2.75, 3.05) is 32.8 Å². The van der Waals surface area contributed by atoms with Gasteiger partial charge in [-0.3, -0.25) is 4.90 Å². The lowest BCUT2D eigenvalue weighted by Crippen LogP contribution is -2.61. The monoisotopic (exact) mass is 240 g/mol. The van der Waals surface area contributed by atoms with Crippen LogP contribution in [0.2, 0.25) is 0 Å². The van der Waals surface area contributed by atoms with E-state index in [1.54, 1.807) is 0 Å². The van der Waals surface area contributed by atoms with Gasteiger partial charge in [0.1, 0.15) is 0 Å². The van der Waals surface area contributed by atoms with E-state index in [0.717, 1.165) is 25.7 Å². The second-order valence-corrected chi connectivity index (χ2v) is 6.38. The van der Waals surface area contributed by atoms with Crippen LogP contribution in [0.3, 0.4) is 0 Å². The lowest BCUT2D eigenvalue weighted by molar-refractivity contribution is -0.0506. The Hall–Kier alpha value is -0.120. The highest BCUT2D eigenvalue weighted by molar-refractivity contribution is 4.93. The molecule has 0 bridgehead atoms. The van der Waals surface area contributed by atoms with Gasteiger partial charge in [0.25, 0.3) is 0 Å². The van der Waals surface area contributed by atoms with Crippen molar-refractivity contribution in [3.63, 3.8) is 0 Å². The van der Waals surface area contributed by atoms with E-state index in [9.17, 15) is 0 Å². The molecule has 0 aliphatic carbocycles. The van der Waals surface area contributed by atoms with Crippen LogP contribution in [0.15, 0.2) is 0 Å². The number of nitrogens with one attached hydrogen (secondary N) is 1. The van der Waals surface area contributed by atoms with Gasteiger partial charge in [0, 0.05) is 37.8 Å². The third-order valence-electron chi connectivity index (χ3n) is 4.19. The molecule has 2 aliphatic heterocycles. The van der Waals surface area contributed by atoms with Gasteiger partial charge in [-0.15, -0.1) is 0 Å². The van der Waals surface area contributed by atoms with Crippen molar-refractivity contribution in [1.29, 1.82) is 0 Å². The van der Waals surface area contributed by atoms with Crippen molar-refractivity contribution < 1.29 is 4.74 Å². The van der Waals surface area contributed by atoms with E-state index in [0.29, 0.717) is 6.04 Å². The van der Waals surface area contributed by atoms with Crippen LogP contribution in [-0.4, -0.2) is 49.3 Å². The first-order chi connectivity index (χ1) is 8.10.